The monoisotopic (exact) mass is 400 g/mol. The summed E-state index contributed by atoms with van der Waals surface area (Å²) in [5, 5.41) is 11.2. The first-order valence-electron chi connectivity index (χ1n) is 10.1. The molecule has 0 N–H and O–H groups in total. The molecule has 1 atom stereocenters. The molecule has 2 fully saturated rings. The third kappa shape index (κ3) is 3.56. The Morgan fingerprint density at radius 1 is 1.14 bits per heavy atom. The number of carbonyl (C=O) groups excluding carboxylic acids is 3. The first-order valence-corrected chi connectivity index (χ1v) is 10.1. The van der Waals surface area contributed by atoms with E-state index in [2.05, 4.69) is 0 Å². The number of likely N-dealkylation sites (tertiary alicyclic amines) is 2. The van der Waals surface area contributed by atoms with Crippen molar-refractivity contribution in [3.8, 4) is 0 Å². The Kier molecular flexibility index (Phi) is 5.21. The summed E-state index contributed by atoms with van der Waals surface area (Å²) in [6.45, 7) is 2.53. The average Bonchev–Trinajstić information content (AvgIpc) is 3.46. The molecule has 1 aromatic carbocycles. The van der Waals surface area contributed by atoms with Crippen LogP contribution >= 0.6 is 0 Å². The third-order valence-electron chi connectivity index (χ3n) is 6.06. The summed E-state index contributed by atoms with van der Waals surface area (Å²) in [6, 6.07) is 4.20. The first-order chi connectivity index (χ1) is 14.0. The second-order valence-corrected chi connectivity index (χ2v) is 7.82. The number of amides is 3. The Morgan fingerprint density at radius 2 is 1.90 bits per heavy atom. The molecule has 9 nitrogen and oxygen atoms in total. The van der Waals surface area contributed by atoms with Gasteiger partial charge in [0, 0.05) is 45.2 Å². The Bertz CT molecular complexity index is 864. The number of nitrogens with zero attached hydrogens (tertiary/aromatic N) is 4. The van der Waals surface area contributed by atoms with E-state index in [4.69, 9.17) is 0 Å². The van der Waals surface area contributed by atoms with Crippen LogP contribution in [0, 0.1) is 10.1 Å². The van der Waals surface area contributed by atoms with Crippen LogP contribution in [0.3, 0.4) is 0 Å². The van der Waals surface area contributed by atoms with Gasteiger partial charge in [0.2, 0.25) is 11.8 Å². The molecule has 0 unspecified atom stereocenters. The summed E-state index contributed by atoms with van der Waals surface area (Å²) in [5.41, 5.74) is 0.533. The normalized spacial score (nSPS) is 21.0. The molecular formula is C20H24N4O5. The molecule has 9 heteroatoms. The first kappa shape index (κ1) is 19.4. The lowest BCUT2D eigenvalue weighted by Gasteiger charge is -2.28. The number of fused-ring (bicyclic) bond motifs is 1. The van der Waals surface area contributed by atoms with Crippen molar-refractivity contribution in [1.82, 2.24) is 14.7 Å². The van der Waals surface area contributed by atoms with Crippen molar-refractivity contribution in [1.29, 1.82) is 0 Å². The maximum atomic E-state index is 12.8. The molecule has 3 aliphatic rings. The summed E-state index contributed by atoms with van der Waals surface area (Å²) in [5.74, 6) is -0.516. The van der Waals surface area contributed by atoms with Crippen molar-refractivity contribution in [2.75, 3.05) is 26.2 Å². The molecule has 0 radical (unpaired) electrons. The van der Waals surface area contributed by atoms with Gasteiger partial charge >= 0.3 is 0 Å². The van der Waals surface area contributed by atoms with Crippen LogP contribution < -0.4 is 0 Å². The van der Waals surface area contributed by atoms with Crippen LogP contribution in [0.5, 0.6) is 0 Å². The number of rotatable bonds is 5. The largest absolute Gasteiger partial charge is 0.341 e. The highest BCUT2D eigenvalue weighted by molar-refractivity contribution is 6.02. The van der Waals surface area contributed by atoms with Crippen LogP contribution in [0.15, 0.2) is 18.2 Å². The van der Waals surface area contributed by atoms with E-state index in [9.17, 15) is 24.5 Å². The van der Waals surface area contributed by atoms with E-state index in [1.165, 1.54) is 11.0 Å². The fraction of sp³-hybridized carbons (Fsp3) is 0.550. The van der Waals surface area contributed by atoms with E-state index in [-0.39, 0.29) is 42.6 Å². The van der Waals surface area contributed by atoms with Crippen molar-refractivity contribution in [2.45, 2.75) is 44.7 Å². The van der Waals surface area contributed by atoms with Gasteiger partial charge < -0.3 is 14.7 Å². The van der Waals surface area contributed by atoms with Crippen molar-refractivity contribution >= 4 is 23.4 Å². The Balaban J connectivity index is 1.38. The second kappa shape index (κ2) is 7.81. The molecule has 3 heterocycles. The van der Waals surface area contributed by atoms with Gasteiger partial charge in [-0.05, 0) is 31.2 Å². The van der Waals surface area contributed by atoms with Crippen LogP contribution in [0.25, 0.3) is 0 Å². The maximum Gasteiger partial charge on any atom is 0.282 e. The Labute approximate surface area is 168 Å². The van der Waals surface area contributed by atoms with Gasteiger partial charge in [-0.25, -0.2) is 0 Å². The van der Waals surface area contributed by atoms with Crippen molar-refractivity contribution < 1.29 is 19.3 Å². The molecule has 29 heavy (non-hydrogen) atoms. The molecule has 0 aliphatic carbocycles. The fourth-order valence-corrected chi connectivity index (χ4v) is 4.58. The minimum Gasteiger partial charge on any atom is -0.341 e. The van der Waals surface area contributed by atoms with E-state index in [0.29, 0.717) is 18.5 Å². The summed E-state index contributed by atoms with van der Waals surface area (Å²) < 4.78 is 0. The van der Waals surface area contributed by atoms with Gasteiger partial charge in [-0.15, -0.1) is 0 Å². The number of nitro benzene ring substituents is 1. The van der Waals surface area contributed by atoms with Crippen molar-refractivity contribution in [3.05, 3.63) is 39.4 Å². The van der Waals surface area contributed by atoms with Gasteiger partial charge in [0.25, 0.3) is 11.6 Å². The zero-order valence-electron chi connectivity index (χ0n) is 16.2. The number of hydrogen-bond acceptors (Lipinski definition) is 5. The molecule has 0 aromatic heterocycles. The smallest absolute Gasteiger partial charge is 0.282 e. The standard InChI is InChI=1S/C20H24N4O5/c25-17(23-11-4-7-16(23)19(26)21-9-1-2-10-21)8-12-22-13-14-5-3-6-15(24(28)29)18(14)20(22)27/h3,5-6,16H,1-2,4,7-13H2/t16-/m0/s1. The summed E-state index contributed by atoms with van der Waals surface area (Å²) >= 11 is 0. The maximum absolute atomic E-state index is 12.8. The predicted molar refractivity (Wildman–Crippen MR) is 103 cm³/mol. The molecule has 3 amide bonds. The Hall–Kier alpha value is -2.97. The molecule has 2 saturated heterocycles. The van der Waals surface area contributed by atoms with E-state index in [1.54, 1.807) is 17.0 Å². The second-order valence-electron chi connectivity index (χ2n) is 7.82. The SMILES string of the molecule is O=C1c2c(cccc2[N+](=O)[O-])CN1CCC(=O)N1CCC[C@H]1C(=O)N1CCCC1. The molecule has 1 aromatic rings. The highest BCUT2D eigenvalue weighted by atomic mass is 16.6. The molecule has 0 saturated carbocycles. The zero-order valence-corrected chi connectivity index (χ0v) is 16.2. The summed E-state index contributed by atoms with van der Waals surface area (Å²) in [4.78, 5) is 53.8. The van der Waals surface area contributed by atoms with Gasteiger partial charge in [-0.3, -0.25) is 24.5 Å². The number of benzene rings is 1. The average molecular weight is 400 g/mol. The molecule has 154 valence electrons. The molecule has 3 aliphatic heterocycles. The van der Waals surface area contributed by atoms with E-state index in [0.717, 1.165) is 32.4 Å². The third-order valence-corrected chi connectivity index (χ3v) is 6.06. The lowest BCUT2D eigenvalue weighted by molar-refractivity contribution is -0.385. The van der Waals surface area contributed by atoms with Crippen LogP contribution in [0.1, 0.15) is 48.0 Å². The molecule has 4 rings (SSSR count). The number of hydrogen-bond donors (Lipinski definition) is 0. The number of carbonyl (C=O) groups is 3. The summed E-state index contributed by atoms with van der Waals surface area (Å²) in [7, 11) is 0. The molecule has 0 spiro atoms. The lowest BCUT2D eigenvalue weighted by Crippen LogP contribution is -2.47. The van der Waals surface area contributed by atoms with E-state index in [1.807, 2.05) is 4.90 Å². The van der Waals surface area contributed by atoms with Gasteiger partial charge in [0.15, 0.2) is 0 Å². The van der Waals surface area contributed by atoms with Crippen LogP contribution in [-0.4, -0.2) is 69.6 Å². The van der Waals surface area contributed by atoms with Gasteiger partial charge in [0.1, 0.15) is 11.6 Å². The predicted octanol–water partition coefficient (Wildman–Crippen LogP) is 1.55. The van der Waals surface area contributed by atoms with Crippen LogP contribution in [0.4, 0.5) is 5.69 Å². The van der Waals surface area contributed by atoms with Gasteiger partial charge in [0.05, 0.1) is 4.92 Å². The molecule has 0 bridgehead atoms. The zero-order chi connectivity index (χ0) is 20.5. The van der Waals surface area contributed by atoms with E-state index < -0.39 is 16.9 Å². The van der Waals surface area contributed by atoms with Gasteiger partial charge in [-0.2, -0.15) is 0 Å². The highest BCUT2D eigenvalue weighted by Crippen LogP contribution is 2.31. The Morgan fingerprint density at radius 3 is 2.62 bits per heavy atom. The van der Waals surface area contributed by atoms with Crippen LogP contribution in [0.2, 0.25) is 0 Å². The van der Waals surface area contributed by atoms with Crippen LogP contribution in [-0.2, 0) is 16.1 Å². The van der Waals surface area contributed by atoms with Crippen molar-refractivity contribution in [3.63, 3.8) is 0 Å². The minimum atomic E-state index is -0.551. The fourth-order valence-electron chi connectivity index (χ4n) is 4.58. The molecular weight excluding hydrogens is 376 g/mol. The lowest BCUT2D eigenvalue weighted by atomic mass is 10.1. The van der Waals surface area contributed by atoms with Crippen molar-refractivity contribution in [2.24, 2.45) is 0 Å². The number of nitro groups is 1. The minimum absolute atomic E-state index is 0.0358. The highest BCUT2D eigenvalue weighted by Gasteiger charge is 2.38. The quantitative estimate of drug-likeness (QED) is 0.551. The topological polar surface area (TPSA) is 104 Å². The summed E-state index contributed by atoms with van der Waals surface area (Å²) in [6.07, 6.45) is 3.61. The van der Waals surface area contributed by atoms with E-state index >= 15 is 0 Å². The van der Waals surface area contributed by atoms with Gasteiger partial charge in [-0.1, -0.05) is 12.1 Å².